The Morgan fingerprint density at radius 2 is 2.08 bits per heavy atom. The molecule has 3 atom stereocenters. The second-order valence-electron chi connectivity index (χ2n) is 5.05. The summed E-state index contributed by atoms with van der Waals surface area (Å²) in [4.78, 5) is 0. The van der Waals surface area contributed by atoms with Gasteiger partial charge < -0.3 is 9.84 Å². The van der Waals surface area contributed by atoms with Crippen LogP contribution in [0.3, 0.4) is 0 Å². The van der Waals surface area contributed by atoms with E-state index in [1.54, 1.807) is 0 Å². The molecule has 0 aromatic rings. The highest BCUT2D eigenvalue weighted by Crippen LogP contribution is 2.62. The molecule has 2 fully saturated rings. The molecule has 1 saturated heterocycles. The molecule has 0 aromatic carbocycles. The molecule has 0 aromatic heterocycles. The van der Waals surface area contributed by atoms with E-state index in [1.165, 1.54) is 0 Å². The quantitative estimate of drug-likeness (QED) is 0.638. The lowest BCUT2D eigenvalue weighted by Crippen LogP contribution is -2.25. The van der Waals surface area contributed by atoms with Crippen LogP contribution in [-0.2, 0) is 4.74 Å². The second kappa shape index (κ2) is 2.24. The van der Waals surface area contributed by atoms with Crippen LogP contribution in [0.4, 0.5) is 0 Å². The van der Waals surface area contributed by atoms with Crippen LogP contribution in [0, 0.1) is 11.3 Å². The number of hydrogen-bond acceptors (Lipinski definition) is 2. The maximum atomic E-state index is 8.90. The number of rotatable bonds is 2. The summed E-state index contributed by atoms with van der Waals surface area (Å²) in [6.07, 6.45) is 2.51. The van der Waals surface area contributed by atoms with Gasteiger partial charge in [-0.05, 0) is 31.1 Å². The Morgan fingerprint density at radius 1 is 1.42 bits per heavy atom. The van der Waals surface area contributed by atoms with E-state index in [1.807, 2.05) is 0 Å². The summed E-state index contributed by atoms with van der Waals surface area (Å²) in [5, 5.41) is 8.90. The number of fused-ring (bicyclic) bond motifs is 1. The Bertz CT molecular complexity index is 200. The van der Waals surface area contributed by atoms with E-state index in [0.717, 1.165) is 12.8 Å². The lowest BCUT2D eigenvalue weighted by molar-refractivity contribution is 0.0905. The molecule has 1 aliphatic carbocycles. The van der Waals surface area contributed by atoms with E-state index in [4.69, 9.17) is 9.84 Å². The minimum atomic E-state index is 0.156. The van der Waals surface area contributed by atoms with Gasteiger partial charge in [0.25, 0.3) is 0 Å². The van der Waals surface area contributed by atoms with Crippen LogP contribution in [0.15, 0.2) is 0 Å². The van der Waals surface area contributed by atoms with Gasteiger partial charge in [-0.3, -0.25) is 0 Å². The van der Waals surface area contributed by atoms with Crippen molar-refractivity contribution < 1.29 is 9.84 Å². The molecular formula is C10H18O2. The van der Waals surface area contributed by atoms with E-state index < -0.39 is 0 Å². The SMILES string of the molecule is CC12CC(CCO)C(C)(C)C1O2. The predicted molar refractivity (Wildman–Crippen MR) is 46.9 cm³/mol. The van der Waals surface area contributed by atoms with E-state index >= 15 is 0 Å². The summed E-state index contributed by atoms with van der Waals surface area (Å²) in [6, 6.07) is 0. The van der Waals surface area contributed by atoms with Gasteiger partial charge in [0.2, 0.25) is 0 Å². The fraction of sp³-hybridized carbons (Fsp3) is 1.00. The van der Waals surface area contributed by atoms with Crippen molar-refractivity contribution in [3.63, 3.8) is 0 Å². The van der Waals surface area contributed by atoms with Crippen molar-refractivity contribution >= 4 is 0 Å². The summed E-state index contributed by atoms with van der Waals surface area (Å²) in [5.74, 6) is 0.645. The highest BCUT2D eigenvalue weighted by molar-refractivity contribution is 5.15. The third-order valence-electron chi connectivity index (χ3n) is 3.74. The molecule has 2 aliphatic rings. The van der Waals surface area contributed by atoms with Gasteiger partial charge in [0.05, 0.1) is 11.7 Å². The summed E-state index contributed by atoms with van der Waals surface area (Å²) in [7, 11) is 0. The number of aliphatic hydroxyl groups is 1. The normalized spacial score (nSPS) is 49.0. The second-order valence-corrected chi connectivity index (χ2v) is 5.05. The standard InChI is InChI=1S/C10H18O2/c1-9(2)7(4-5-11)6-10(3)8(9)12-10/h7-8,11H,4-6H2,1-3H3. The minimum absolute atomic E-state index is 0.156. The third-order valence-corrected chi connectivity index (χ3v) is 3.74. The molecule has 2 rings (SSSR count). The monoisotopic (exact) mass is 170 g/mol. The lowest BCUT2D eigenvalue weighted by Gasteiger charge is -2.28. The Kier molecular flexibility index (Phi) is 1.59. The molecule has 70 valence electrons. The Labute approximate surface area is 73.9 Å². The van der Waals surface area contributed by atoms with Gasteiger partial charge in [-0.1, -0.05) is 13.8 Å². The Morgan fingerprint density at radius 3 is 2.50 bits per heavy atom. The molecule has 2 heteroatoms. The van der Waals surface area contributed by atoms with Crippen molar-refractivity contribution in [2.45, 2.75) is 45.3 Å². The van der Waals surface area contributed by atoms with Gasteiger partial charge in [-0.2, -0.15) is 0 Å². The van der Waals surface area contributed by atoms with E-state index in [2.05, 4.69) is 20.8 Å². The van der Waals surface area contributed by atoms with Crippen molar-refractivity contribution in [1.82, 2.24) is 0 Å². The lowest BCUT2D eigenvalue weighted by atomic mass is 9.79. The summed E-state index contributed by atoms with van der Waals surface area (Å²) in [5.41, 5.74) is 0.431. The molecule has 0 amide bonds. The van der Waals surface area contributed by atoms with Gasteiger partial charge >= 0.3 is 0 Å². The summed E-state index contributed by atoms with van der Waals surface area (Å²) in [6.45, 7) is 7.03. The highest BCUT2D eigenvalue weighted by atomic mass is 16.6. The molecule has 1 N–H and O–H groups in total. The molecular weight excluding hydrogens is 152 g/mol. The average Bonchev–Trinajstić information content (AvgIpc) is 2.57. The molecule has 0 bridgehead atoms. The van der Waals surface area contributed by atoms with Crippen molar-refractivity contribution in [2.24, 2.45) is 11.3 Å². The van der Waals surface area contributed by atoms with Crippen LogP contribution < -0.4 is 0 Å². The zero-order valence-corrected chi connectivity index (χ0v) is 8.13. The molecule has 0 spiro atoms. The maximum absolute atomic E-state index is 8.90. The van der Waals surface area contributed by atoms with E-state index in [0.29, 0.717) is 18.6 Å². The highest BCUT2D eigenvalue weighted by Gasteiger charge is 2.67. The van der Waals surface area contributed by atoms with Crippen LogP contribution in [0.1, 0.15) is 33.6 Å². The number of ether oxygens (including phenoxy) is 1. The van der Waals surface area contributed by atoms with Gasteiger partial charge in [0.1, 0.15) is 0 Å². The zero-order chi connectivity index (χ0) is 8.98. The van der Waals surface area contributed by atoms with Crippen LogP contribution in [0.5, 0.6) is 0 Å². The van der Waals surface area contributed by atoms with Gasteiger partial charge in [0, 0.05) is 6.61 Å². The van der Waals surface area contributed by atoms with Gasteiger partial charge in [-0.15, -0.1) is 0 Å². The molecule has 1 saturated carbocycles. The zero-order valence-electron chi connectivity index (χ0n) is 8.13. The topological polar surface area (TPSA) is 32.8 Å². The first kappa shape index (κ1) is 8.52. The largest absolute Gasteiger partial charge is 0.396 e. The Balaban J connectivity index is 2.10. The first-order chi connectivity index (χ1) is 5.50. The maximum Gasteiger partial charge on any atom is 0.0929 e. The third kappa shape index (κ3) is 0.944. The number of epoxide rings is 1. The fourth-order valence-electron chi connectivity index (χ4n) is 2.93. The molecule has 3 unspecified atom stereocenters. The van der Waals surface area contributed by atoms with E-state index in [9.17, 15) is 0 Å². The minimum Gasteiger partial charge on any atom is -0.396 e. The first-order valence-corrected chi connectivity index (χ1v) is 4.79. The van der Waals surface area contributed by atoms with E-state index in [-0.39, 0.29) is 11.0 Å². The smallest absolute Gasteiger partial charge is 0.0929 e. The predicted octanol–water partition coefficient (Wildman–Crippen LogP) is 1.57. The molecule has 1 aliphatic heterocycles. The first-order valence-electron chi connectivity index (χ1n) is 4.79. The number of aliphatic hydroxyl groups excluding tert-OH is 1. The van der Waals surface area contributed by atoms with Crippen LogP contribution >= 0.6 is 0 Å². The molecule has 12 heavy (non-hydrogen) atoms. The molecule has 2 nitrogen and oxygen atoms in total. The summed E-state index contributed by atoms with van der Waals surface area (Å²) < 4.78 is 5.65. The molecule has 1 heterocycles. The Hall–Kier alpha value is -0.0800. The number of hydrogen-bond donors (Lipinski definition) is 1. The van der Waals surface area contributed by atoms with Crippen molar-refractivity contribution in [3.8, 4) is 0 Å². The van der Waals surface area contributed by atoms with Crippen LogP contribution in [-0.4, -0.2) is 23.4 Å². The fourth-order valence-corrected chi connectivity index (χ4v) is 2.93. The average molecular weight is 170 g/mol. The van der Waals surface area contributed by atoms with Crippen LogP contribution in [0.2, 0.25) is 0 Å². The van der Waals surface area contributed by atoms with Crippen molar-refractivity contribution in [2.75, 3.05) is 6.61 Å². The van der Waals surface area contributed by atoms with Gasteiger partial charge in [0.15, 0.2) is 0 Å². The van der Waals surface area contributed by atoms with Crippen molar-refractivity contribution in [3.05, 3.63) is 0 Å². The van der Waals surface area contributed by atoms with Gasteiger partial charge in [-0.25, -0.2) is 0 Å². The molecule has 0 radical (unpaired) electrons. The van der Waals surface area contributed by atoms with Crippen molar-refractivity contribution in [1.29, 1.82) is 0 Å². The van der Waals surface area contributed by atoms with Crippen LogP contribution in [0.25, 0.3) is 0 Å². The summed E-state index contributed by atoms with van der Waals surface area (Å²) >= 11 is 0.